The predicted octanol–water partition coefficient (Wildman–Crippen LogP) is 5.38. The van der Waals surface area contributed by atoms with E-state index in [1.807, 2.05) is 55.4 Å². The molecule has 0 aliphatic heterocycles. The number of nitrogens with zero attached hydrogens (tertiary/aromatic N) is 2. The number of Topliss-reactive ketones (excluding diaryl/α,β-unsaturated/α-hetero) is 3. The Bertz CT molecular complexity index is 873. The molecule has 0 spiro atoms. The molecule has 1 amide bonds. The second-order valence-electron chi connectivity index (χ2n) is 15.2. The zero-order valence-corrected chi connectivity index (χ0v) is 31.7. The summed E-state index contributed by atoms with van der Waals surface area (Å²) in [5.41, 5.74) is -2.09. The molecule has 0 radical (unpaired) electrons. The van der Waals surface area contributed by atoms with Crippen LogP contribution in [0.1, 0.15) is 109 Å². The van der Waals surface area contributed by atoms with Crippen molar-refractivity contribution in [2.24, 2.45) is 17.8 Å². The topological polar surface area (TPSA) is 112 Å². The highest BCUT2D eigenvalue weighted by Gasteiger charge is 2.41. The van der Waals surface area contributed by atoms with Crippen LogP contribution in [-0.4, -0.2) is 116 Å². The molecule has 10 heteroatoms. The molecule has 0 heterocycles. The number of ether oxygens (including phenoxy) is 4. The molecule has 0 atom stereocenters. The van der Waals surface area contributed by atoms with E-state index in [9.17, 15) is 19.2 Å². The molecule has 0 aromatic carbocycles. The minimum Gasteiger partial charge on any atom is -0.378 e. The third-order valence-corrected chi connectivity index (χ3v) is 8.73. The molecule has 0 fully saturated rings. The number of amides is 1. The molecule has 0 rings (SSSR count). The number of carbonyl (C=O) groups excluding carboxylic acids is 4. The third kappa shape index (κ3) is 16.4. The summed E-state index contributed by atoms with van der Waals surface area (Å²) in [4.78, 5) is 54.6. The van der Waals surface area contributed by atoms with Gasteiger partial charge in [-0.25, -0.2) is 0 Å². The summed E-state index contributed by atoms with van der Waals surface area (Å²) in [7, 11) is 3.76. The van der Waals surface area contributed by atoms with Crippen LogP contribution in [0.25, 0.3) is 0 Å². The highest BCUT2D eigenvalue weighted by molar-refractivity contribution is 5.81. The largest absolute Gasteiger partial charge is 0.378 e. The lowest BCUT2D eigenvalue weighted by Crippen LogP contribution is -2.60. The Morgan fingerprint density at radius 2 is 0.935 bits per heavy atom. The Labute approximate surface area is 280 Å². The van der Waals surface area contributed by atoms with Crippen molar-refractivity contribution in [2.75, 3.05) is 60.3 Å². The predicted molar refractivity (Wildman–Crippen MR) is 183 cm³/mol. The molecular formula is C36H68N2O8. The van der Waals surface area contributed by atoms with Crippen LogP contribution in [0.4, 0.5) is 0 Å². The highest BCUT2D eigenvalue weighted by Crippen LogP contribution is 2.26. The summed E-state index contributed by atoms with van der Waals surface area (Å²) in [6.07, 6.45) is 0.845. The van der Waals surface area contributed by atoms with Gasteiger partial charge in [-0.2, -0.15) is 0 Å². The number of hydrogen-bond donors (Lipinski definition) is 0. The monoisotopic (exact) mass is 656 g/mol. The summed E-state index contributed by atoms with van der Waals surface area (Å²) in [5, 5.41) is 0. The summed E-state index contributed by atoms with van der Waals surface area (Å²) < 4.78 is 24.5. The molecule has 10 nitrogen and oxygen atoms in total. The molecule has 0 bridgehead atoms. The maximum atomic E-state index is 14.0. The van der Waals surface area contributed by atoms with E-state index in [4.69, 9.17) is 18.9 Å². The maximum absolute atomic E-state index is 14.0. The molecule has 0 saturated heterocycles. The van der Waals surface area contributed by atoms with Gasteiger partial charge in [-0.3, -0.25) is 24.1 Å². The van der Waals surface area contributed by atoms with Crippen LogP contribution in [0, 0.1) is 17.8 Å². The fraction of sp³-hybridized carbons (Fsp3) is 0.889. The van der Waals surface area contributed by atoms with Crippen molar-refractivity contribution in [1.29, 1.82) is 0 Å². The number of likely N-dealkylation sites (N-methyl/N-ethyl adjacent to an activating group) is 2. The van der Waals surface area contributed by atoms with Crippen LogP contribution >= 0.6 is 0 Å². The summed E-state index contributed by atoms with van der Waals surface area (Å²) in [6.45, 7) is 24.5. The van der Waals surface area contributed by atoms with Gasteiger partial charge in [0.2, 0.25) is 5.91 Å². The smallest absolute Gasteiger partial charge is 0.225 e. The van der Waals surface area contributed by atoms with Crippen molar-refractivity contribution >= 4 is 23.3 Å². The molecular weight excluding hydrogens is 588 g/mol. The Balaban J connectivity index is 6.08. The van der Waals surface area contributed by atoms with Crippen molar-refractivity contribution < 1.29 is 38.1 Å². The first kappa shape index (κ1) is 44.3. The second-order valence-corrected chi connectivity index (χ2v) is 15.2. The lowest BCUT2D eigenvalue weighted by Gasteiger charge is -2.43. The molecule has 46 heavy (non-hydrogen) atoms. The molecule has 0 saturated carbocycles. The standard InChI is InChI=1S/C36H68N2O8/c1-26(2)30(39)15-18-43-23-36(24-44-19-16-31(40)27(3)4,25-45-20-17-32(41)28(5)6)38(14)33(42)21-35(11,12)46-22-34(9,10)37(13)29(7)8/h26-29H,15-25H2,1-14H3. The second kappa shape index (κ2) is 20.6. The lowest BCUT2D eigenvalue weighted by molar-refractivity contribution is -0.157. The number of ketones is 3. The molecule has 0 aromatic rings. The Morgan fingerprint density at radius 1 is 0.587 bits per heavy atom. The first-order valence-electron chi connectivity index (χ1n) is 17.0. The minimum atomic E-state index is -1.08. The van der Waals surface area contributed by atoms with Crippen LogP contribution in [-0.2, 0) is 38.1 Å². The van der Waals surface area contributed by atoms with Gasteiger partial charge in [0.1, 0.15) is 22.9 Å². The Hall–Kier alpha value is -1.72. The van der Waals surface area contributed by atoms with E-state index >= 15 is 0 Å². The van der Waals surface area contributed by atoms with Crippen LogP contribution in [0.15, 0.2) is 0 Å². The van der Waals surface area contributed by atoms with Crippen molar-refractivity contribution in [3.8, 4) is 0 Å². The quantitative estimate of drug-likeness (QED) is 0.113. The minimum absolute atomic E-state index is 0.0460. The van der Waals surface area contributed by atoms with Gasteiger partial charge in [0.25, 0.3) is 0 Å². The zero-order valence-electron chi connectivity index (χ0n) is 31.7. The van der Waals surface area contributed by atoms with E-state index in [1.165, 1.54) is 0 Å². The van der Waals surface area contributed by atoms with E-state index < -0.39 is 11.1 Å². The number of carbonyl (C=O) groups is 4. The van der Waals surface area contributed by atoms with E-state index in [0.717, 1.165) is 0 Å². The Kier molecular flexibility index (Phi) is 19.8. The lowest BCUT2D eigenvalue weighted by atomic mass is 9.96. The summed E-state index contributed by atoms with van der Waals surface area (Å²) in [6, 6.07) is 0.331. The van der Waals surface area contributed by atoms with Gasteiger partial charge >= 0.3 is 0 Å². The van der Waals surface area contributed by atoms with Gasteiger partial charge in [0.15, 0.2) is 0 Å². The third-order valence-electron chi connectivity index (χ3n) is 8.73. The number of hydrogen-bond acceptors (Lipinski definition) is 9. The van der Waals surface area contributed by atoms with Crippen molar-refractivity contribution in [2.45, 2.75) is 131 Å². The molecule has 270 valence electrons. The molecule has 0 aliphatic rings. The van der Waals surface area contributed by atoms with E-state index in [0.29, 0.717) is 12.6 Å². The average molecular weight is 657 g/mol. The van der Waals surface area contributed by atoms with Crippen LogP contribution in [0.2, 0.25) is 0 Å². The normalized spacial score (nSPS) is 13.0. The zero-order chi connectivity index (χ0) is 35.9. The van der Waals surface area contributed by atoms with Gasteiger partial charge in [-0.15, -0.1) is 0 Å². The van der Waals surface area contributed by atoms with E-state index in [1.54, 1.807) is 11.9 Å². The van der Waals surface area contributed by atoms with Gasteiger partial charge in [0, 0.05) is 55.6 Å². The molecule has 0 unspecified atom stereocenters. The fourth-order valence-electron chi connectivity index (χ4n) is 4.56. The average Bonchev–Trinajstić information content (AvgIpc) is 2.96. The SMILES string of the molecule is CC(C)C(=O)CCOCC(COCCC(=O)C(C)C)(COCCC(=O)C(C)C)N(C)C(=O)CC(C)(C)OCC(C)(C)N(C)C(C)C. The molecule has 0 aliphatic carbocycles. The van der Waals surface area contributed by atoms with E-state index in [2.05, 4.69) is 39.6 Å². The van der Waals surface area contributed by atoms with Gasteiger partial charge in [0.05, 0.1) is 58.3 Å². The first-order chi connectivity index (χ1) is 21.1. The van der Waals surface area contributed by atoms with Gasteiger partial charge < -0.3 is 23.8 Å². The summed E-state index contributed by atoms with van der Waals surface area (Å²) in [5.74, 6) is -0.229. The van der Waals surface area contributed by atoms with Crippen LogP contribution in [0.3, 0.4) is 0 Å². The molecule has 0 N–H and O–H groups in total. The highest BCUT2D eigenvalue weighted by atomic mass is 16.5. The number of rotatable bonds is 26. The summed E-state index contributed by atoms with van der Waals surface area (Å²) >= 11 is 0. The van der Waals surface area contributed by atoms with Gasteiger partial charge in [-0.05, 0) is 48.6 Å². The molecule has 0 aromatic heterocycles. The van der Waals surface area contributed by atoms with Crippen molar-refractivity contribution in [3.05, 3.63) is 0 Å². The van der Waals surface area contributed by atoms with Crippen LogP contribution in [0.5, 0.6) is 0 Å². The van der Waals surface area contributed by atoms with E-state index in [-0.39, 0.29) is 112 Å². The van der Waals surface area contributed by atoms with Crippen molar-refractivity contribution in [3.63, 3.8) is 0 Å². The first-order valence-corrected chi connectivity index (χ1v) is 17.0. The van der Waals surface area contributed by atoms with Gasteiger partial charge in [-0.1, -0.05) is 41.5 Å². The fourth-order valence-corrected chi connectivity index (χ4v) is 4.56. The maximum Gasteiger partial charge on any atom is 0.225 e. The van der Waals surface area contributed by atoms with Crippen LogP contribution < -0.4 is 0 Å². The Morgan fingerprint density at radius 3 is 1.24 bits per heavy atom. The van der Waals surface area contributed by atoms with Crippen molar-refractivity contribution in [1.82, 2.24) is 9.80 Å².